The average molecular weight is 245 g/mol. The van der Waals surface area contributed by atoms with Crippen LogP contribution in [0.5, 0.6) is 0 Å². The third-order valence-corrected chi connectivity index (χ3v) is 4.91. The number of benzene rings is 1. The summed E-state index contributed by atoms with van der Waals surface area (Å²) in [5.74, 6) is 1.59. The Morgan fingerprint density at radius 3 is 2.78 bits per heavy atom. The second-order valence-corrected chi connectivity index (χ2v) is 6.02. The molecule has 1 heteroatoms. The quantitative estimate of drug-likeness (QED) is 0.832. The highest BCUT2D eigenvalue weighted by molar-refractivity contribution is 5.35. The van der Waals surface area contributed by atoms with Gasteiger partial charge in [0, 0.05) is 6.04 Å². The SMILES string of the molecule is CCC1CCCC(C(N)c2cccc(C)c2C)C1. The zero-order valence-corrected chi connectivity index (χ0v) is 12.1. The number of hydrogen-bond donors (Lipinski definition) is 1. The molecule has 0 amide bonds. The Morgan fingerprint density at radius 2 is 2.06 bits per heavy atom. The molecule has 3 atom stereocenters. The maximum absolute atomic E-state index is 6.56. The molecule has 1 aliphatic carbocycles. The molecule has 3 unspecified atom stereocenters. The number of hydrogen-bond acceptors (Lipinski definition) is 1. The van der Waals surface area contributed by atoms with E-state index in [0.717, 1.165) is 5.92 Å². The molecule has 0 saturated heterocycles. The molecule has 0 aromatic heterocycles. The minimum atomic E-state index is 0.235. The van der Waals surface area contributed by atoms with Gasteiger partial charge >= 0.3 is 0 Å². The normalized spacial score (nSPS) is 26.0. The monoisotopic (exact) mass is 245 g/mol. The average Bonchev–Trinajstić information content (AvgIpc) is 2.41. The summed E-state index contributed by atoms with van der Waals surface area (Å²) in [7, 11) is 0. The predicted octanol–water partition coefficient (Wildman–Crippen LogP) is 4.52. The van der Waals surface area contributed by atoms with Crippen LogP contribution < -0.4 is 5.73 Å². The maximum Gasteiger partial charge on any atom is 0.0326 e. The van der Waals surface area contributed by atoms with E-state index in [4.69, 9.17) is 5.73 Å². The smallest absolute Gasteiger partial charge is 0.0326 e. The lowest BCUT2D eigenvalue weighted by atomic mass is 9.75. The third-order valence-electron chi connectivity index (χ3n) is 4.91. The molecule has 0 radical (unpaired) electrons. The molecule has 0 spiro atoms. The minimum absolute atomic E-state index is 0.235. The van der Waals surface area contributed by atoms with Crippen LogP contribution in [0.1, 0.15) is 61.8 Å². The lowest BCUT2D eigenvalue weighted by Gasteiger charge is -2.33. The molecule has 2 rings (SSSR count). The van der Waals surface area contributed by atoms with Crippen molar-refractivity contribution in [3.63, 3.8) is 0 Å². The van der Waals surface area contributed by atoms with Crippen LogP contribution in [0, 0.1) is 25.7 Å². The number of aryl methyl sites for hydroxylation is 1. The van der Waals surface area contributed by atoms with Gasteiger partial charge in [-0.2, -0.15) is 0 Å². The van der Waals surface area contributed by atoms with Crippen molar-refractivity contribution in [2.24, 2.45) is 17.6 Å². The highest BCUT2D eigenvalue weighted by atomic mass is 14.7. The number of rotatable bonds is 3. The van der Waals surface area contributed by atoms with Gasteiger partial charge in [0.2, 0.25) is 0 Å². The first-order valence-corrected chi connectivity index (χ1v) is 7.45. The zero-order valence-electron chi connectivity index (χ0n) is 12.1. The predicted molar refractivity (Wildman–Crippen MR) is 78.6 cm³/mol. The fraction of sp³-hybridized carbons (Fsp3) is 0.647. The first kappa shape index (κ1) is 13.6. The molecule has 18 heavy (non-hydrogen) atoms. The Morgan fingerprint density at radius 1 is 1.28 bits per heavy atom. The van der Waals surface area contributed by atoms with E-state index >= 15 is 0 Å². The Bertz CT molecular complexity index is 397. The molecule has 2 N–H and O–H groups in total. The lowest BCUT2D eigenvalue weighted by molar-refractivity contribution is 0.230. The van der Waals surface area contributed by atoms with E-state index < -0.39 is 0 Å². The maximum atomic E-state index is 6.56. The summed E-state index contributed by atoms with van der Waals surface area (Å²) >= 11 is 0. The minimum Gasteiger partial charge on any atom is -0.324 e. The van der Waals surface area contributed by atoms with Gasteiger partial charge in [0.15, 0.2) is 0 Å². The van der Waals surface area contributed by atoms with Gasteiger partial charge < -0.3 is 5.73 Å². The van der Waals surface area contributed by atoms with Crippen molar-refractivity contribution in [2.45, 2.75) is 58.9 Å². The fourth-order valence-corrected chi connectivity index (χ4v) is 3.42. The van der Waals surface area contributed by atoms with Crippen LogP contribution in [0.25, 0.3) is 0 Å². The Hall–Kier alpha value is -0.820. The van der Waals surface area contributed by atoms with Crippen LogP contribution in [-0.2, 0) is 0 Å². The van der Waals surface area contributed by atoms with Gasteiger partial charge in [0.05, 0.1) is 0 Å². The molecule has 0 aliphatic heterocycles. The van der Waals surface area contributed by atoms with Gasteiger partial charge in [0.25, 0.3) is 0 Å². The van der Waals surface area contributed by atoms with Crippen LogP contribution in [0.3, 0.4) is 0 Å². The van der Waals surface area contributed by atoms with Crippen LogP contribution >= 0.6 is 0 Å². The van der Waals surface area contributed by atoms with E-state index in [2.05, 4.69) is 39.0 Å². The summed E-state index contributed by atoms with van der Waals surface area (Å²) < 4.78 is 0. The summed E-state index contributed by atoms with van der Waals surface area (Å²) in [4.78, 5) is 0. The highest BCUT2D eigenvalue weighted by Crippen LogP contribution is 2.38. The second-order valence-electron chi connectivity index (χ2n) is 6.02. The molecule has 1 aromatic carbocycles. The Labute approximate surface area is 112 Å². The van der Waals surface area contributed by atoms with E-state index in [1.54, 1.807) is 0 Å². The van der Waals surface area contributed by atoms with Crippen LogP contribution in [-0.4, -0.2) is 0 Å². The first-order valence-electron chi connectivity index (χ1n) is 7.45. The van der Waals surface area contributed by atoms with Crippen LogP contribution in [0.15, 0.2) is 18.2 Å². The van der Waals surface area contributed by atoms with E-state index in [0.29, 0.717) is 5.92 Å². The van der Waals surface area contributed by atoms with Gasteiger partial charge in [-0.25, -0.2) is 0 Å². The molecular formula is C17H27N. The molecule has 1 nitrogen and oxygen atoms in total. The van der Waals surface area contributed by atoms with Crippen molar-refractivity contribution in [2.75, 3.05) is 0 Å². The van der Waals surface area contributed by atoms with Crippen LogP contribution in [0.2, 0.25) is 0 Å². The molecular weight excluding hydrogens is 218 g/mol. The van der Waals surface area contributed by atoms with Crippen molar-refractivity contribution in [3.8, 4) is 0 Å². The molecule has 1 saturated carbocycles. The number of nitrogens with two attached hydrogens (primary N) is 1. The molecule has 0 heterocycles. The van der Waals surface area contributed by atoms with Gasteiger partial charge in [-0.1, -0.05) is 44.4 Å². The van der Waals surface area contributed by atoms with Crippen LogP contribution in [0.4, 0.5) is 0 Å². The molecule has 0 bridgehead atoms. The third kappa shape index (κ3) is 2.77. The molecule has 1 fully saturated rings. The van der Waals surface area contributed by atoms with E-state index in [1.165, 1.54) is 48.8 Å². The van der Waals surface area contributed by atoms with Crippen molar-refractivity contribution in [1.29, 1.82) is 0 Å². The zero-order chi connectivity index (χ0) is 13.1. The second kappa shape index (κ2) is 5.88. The summed E-state index contributed by atoms with van der Waals surface area (Å²) in [5.41, 5.74) is 10.7. The van der Waals surface area contributed by atoms with Gasteiger partial charge in [-0.3, -0.25) is 0 Å². The van der Waals surface area contributed by atoms with Crippen molar-refractivity contribution in [1.82, 2.24) is 0 Å². The lowest BCUT2D eigenvalue weighted by Crippen LogP contribution is -2.27. The molecule has 1 aliphatic rings. The van der Waals surface area contributed by atoms with Crippen molar-refractivity contribution >= 4 is 0 Å². The van der Waals surface area contributed by atoms with Gasteiger partial charge in [0.1, 0.15) is 0 Å². The van der Waals surface area contributed by atoms with Crippen molar-refractivity contribution < 1.29 is 0 Å². The standard InChI is InChI=1S/C17H27N/c1-4-14-8-6-9-15(11-14)17(18)16-10-5-7-12(2)13(16)3/h5,7,10,14-15,17H,4,6,8-9,11,18H2,1-3H3. The summed E-state index contributed by atoms with van der Waals surface area (Å²) in [6, 6.07) is 6.79. The van der Waals surface area contributed by atoms with Gasteiger partial charge in [-0.05, 0) is 55.2 Å². The Balaban J connectivity index is 2.15. The summed E-state index contributed by atoms with van der Waals surface area (Å²) in [6.07, 6.45) is 6.72. The largest absolute Gasteiger partial charge is 0.324 e. The van der Waals surface area contributed by atoms with Crippen molar-refractivity contribution in [3.05, 3.63) is 34.9 Å². The Kier molecular flexibility index (Phi) is 4.45. The van der Waals surface area contributed by atoms with E-state index in [1.807, 2.05) is 0 Å². The first-order chi connectivity index (χ1) is 8.63. The highest BCUT2D eigenvalue weighted by Gasteiger charge is 2.27. The van der Waals surface area contributed by atoms with Gasteiger partial charge in [-0.15, -0.1) is 0 Å². The topological polar surface area (TPSA) is 26.0 Å². The fourth-order valence-electron chi connectivity index (χ4n) is 3.42. The molecule has 1 aromatic rings. The molecule has 100 valence electrons. The summed E-state index contributed by atoms with van der Waals surface area (Å²) in [5, 5.41) is 0. The van der Waals surface area contributed by atoms with E-state index in [9.17, 15) is 0 Å². The van der Waals surface area contributed by atoms with E-state index in [-0.39, 0.29) is 6.04 Å². The summed E-state index contributed by atoms with van der Waals surface area (Å²) in [6.45, 7) is 6.71.